The SMILES string of the molecule is CCOC1CC(CC(=O)Nc2ccc(CN)cc2OC)C1. The van der Waals surface area contributed by atoms with Gasteiger partial charge in [0.15, 0.2) is 0 Å². The highest BCUT2D eigenvalue weighted by atomic mass is 16.5. The summed E-state index contributed by atoms with van der Waals surface area (Å²) in [4.78, 5) is 12.1. The second kappa shape index (κ2) is 7.43. The van der Waals surface area contributed by atoms with E-state index in [-0.39, 0.29) is 5.91 Å². The molecule has 1 aromatic carbocycles. The maximum atomic E-state index is 12.1. The molecule has 0 unspecified atom stereocenters. The number of hydrogen-bond acceptors (Lipinski definition) is 4. The number of anilines is 1. The smallest absolute Gasteiger partial charge is 0.224 e. The number of amides is 1. The van der Waals surface area contributed by atoms with Gasteiger partial charge >= 0.3 is 0 Å². The summed E-state index contributed by atoms with van der Waals surface area (Å²) in [6.45, 7) is 3.19. The van der Waals surface area contributed by atoms with Crippen LogP contribution in [-0.2, 0) is 16.1 Å². The monoisotopic (exact) mass is 292 g/mol. The van der Waals surface area contributed by atoms with Crippen molar-refractivity contribution in [3.05, 3.63) is 23.8 Å². The van der Waals surface area contributed by atoms with Gasteiger partial charge < -0.3 is 20.5 Å². The van der Waals surface area contributed by atoms with Crippen LogP contribution < -0.4 is 15.8 Å². The summed E-state index contributed by atoms with van der Waals surface area (Å²) < 4.78 is 10.8. The zero-order valence-corrected chi connectivity index (χ0v) is 12.7. The first kappa shape index (κ1) is 15.8. The van der Waals surface area contributed by atoms with Crippen LogP contribution in [0, 0.1) is 5.92 Å². The number of ether oxygens (including phenoxy) is 2. The van der Waals surface area contributed by atoms with Crippen molar-refractivity contribution >= 4 is 11.6 Å². The van der Waals surface area contributed by atoms with E-state index in [0.717, 1.165) is 25.0 Å². The van der Waals surface area contributed by atoms with Gasteiger partial charge in [0, 0.05) is 19.6 Å². The van der Waals surface area contributed by atoms with E-state index in [9.17, 15) is 4.79 Å². The summed E-state index contributed by atoms with van der Waals surface area (Å²) in [5.74, 6) is 1.09. The number of hydrogen-bond donors (Lipinski definition) is 2. The van der Waals surface area contributed by atoms with Gasteiger partial charge in [0.1, 0.15) is 5.75 Å². The van der Waals surface area contributed by atoms with Crippen molar-refractivity contribution in [2.45, 2.75) is 38.8 Å². The quantitative estimate of drug-likeness (QED) is 0.808. The highest BCUT2D eigenvalue weighted by molar-refractivity contribution is 5.92. The average Bonchev–Trinajstić information content (AvgIpc) is 2.45. The lowest BCUT2D eigenvalue weighted by Gasteiger charge is -2.34. The molecule has 0 spiro atoms. The lowest BCUT2D eigenvalue weighted by atomic mass is 9.80. The summed E-state index contributed by atoms with van der Waals surface area (Å²) in [6.07, 6.45) is 2.83. The van der Waals surface area contributed by atoms with Crippen molar-refractivity contribution in [1.29, 1.82) is 0 Å². The van der Waals surface area contributed by atoms with E-state index >= 15 is 0 Å². The Balaban J connectivity index is 1.85. The zero-order valence-electron chi connectivity index (χ0n) is 12.7. The van der Waals surface area contributed by atoms with Gasteiger partial charge in [-0.1, -0.05) is 6.07 Å². The predicted molar refractivity (Wildman–Crippen MR) is 82.3 cm³/mol. The van der Waals surface area contributed by atoms with Crippen LogP contribution in [0.5, 0.6) is 5.75 Å². The summed E-state index contributed by atoms with van der Waals surface area (Å²) in [5.41, 5.74) is 7.27. The number of nitrogens with two attached hydrogens (primary N) is 1. The molecule has 3 N–H and O–H groups in total. The van der Waals surface area contributed by atoms with Crippen LogP contribution in [0.25, 0.3) is 0 Å². The Hall–Kier alpha value is -1.59. The van der Waals surface area contributed by atoms with Gasteiger partial charge in [-0.3, -0.25) is 4.79 Å². The maximum absolute atomic E-state index is 12.1. The number of methoxy groups -OCH3 is 1. The summed E-state index contributed by atoms with van der Waals surface area (Å²) in [5, 5.41) is 2.91. The Kier molecular flexibility index (Phi) is 5.59. The van der Waals surface area contributed by atoms with Crippen LogP contribution >= 0.6 is 0 Å². The van der Waals surface area contributed by atoms with Crippen LogP contribution in [0.2, 0.25) is 0 Å². The van der Waals surface area contributed by atoms with E-state index in [4.69, 9.17) is 15.2 Å². The van der Waals surface area contributed by atoms with Crippen molar-refractivity contribution in [1.82, 2.24) is 0 Å². The van der Waals surface area contributed by atoms with Crippen LogP contribution in [0.15, 0.2) is 18.2 Å². The number of rotatable bonds is 7. The molecule has 5 heteroatoms. The molecule has 0 saturated heterocycles. The largest absolute Gasteiger partial charge is 0.495 e. The normalized spacial score (nSPS) is 20.7. The third-order valence-corrected chi connectivity index (χ3v) is 3.84. The van der Waals surface area contributed by atoms with Crippen LogP contribution in [0.1, 0.15) is 31.7 Å². The molecule has 1 aromatic rings. The Morgan fingerprint density at radius 1 is 1.43 bits per heavy atom. The molecule has 0 radical (unpaired) electrons. The minimum absolute atomic E-state index is 0.0220. The fourth-order valence-electron chi connectivity index (χ4n) is 2.64. The average molecular weight is 292 g/mol. The lowest BCUT2D eigenvalue weighted by Crippen LogP contribution is -2.33. The van der Waals surface area contributed by atoms with E-state index in [1.54, 1.807) is 7.11 Å². The van der Waals surface area contributed by atoms with E-state index in [2.05, 4.69) is 5.32 Å². The molecule has 1 fully saturated rings. The topological polar surface area (TPSA) is 73.6 Å². The predicted octanol–water partition coefficient (Wildman–Crippen LogP) is 2.30. The van der Waals surface area contributed by atoms with Gasteiger partial charge in [-0.25, -0.2) is 0 Å². The first-order valence-corrected chi connectivity index (χ1v) is 7.44. The van der Waals surface area contributed by atoms with Gasteiger partial charge in [0.25, 0.3) is 0 Å². The van der Waals surface area contributed by atoms with Crippen LogP contribution in [0.3, 0.4) is 0 Å². The van der Waals surface area contributed by atoms with Crippen molar-refractivity contribution in [3.63, 3.8) is 0 Å². The molecule has 116 valence electrons. The molecule has 0 aromatic heterocycles. The van der Waals surface area contributed by atoms with Crippen molar-refractivity contribution in [2.75, 3.05) is 19.0 Å². The summed E-state index contributed by atoms with van der Waals surface area (Å²) >= 11 is 0. The third-order valence-electron chi connectivity index (χ3n) is 3.84. The van der Waals surface area contributed by atoms with Crippen LogP contribution in [-0.4, -0.2) is 25.7 Å². The fourth-order valence-corrected chi connectivity index (χ4v) is 2.64. The molecule has 0 aliphatic heterocycles. The fraction of sp³-hybridized carbons (Fsp3) is 0.562. The molecule has 2 rings (SSSR count). The molecule has 21 heavy (non-hydrogen) atoms. The first-order chi connectivity index (χ1) is 10.2. The summed E-state index contributed by atoms with van der Waals surface area (Å²) in [6, 6.07) is 5.58. The van der Waals surface area contributed by atoms with E-state index in [0.29, 0.717) is 36.4 Å². The first-order valence-electron chi connectivity index (χ1n) is 7.44. The molecule has 0 bridgehead atoms. The standard InChI is InChI=1S/C16H24N2O3/c1-3-21-13-6-12(7-13)9-16(19)18-14-5-4-11(10-17)8-15(14)20-2/h4-5,8,12-13H,3,6-7,9-10,17H2,1-2H3,(H,18,19). The van der Waals surface area contributed by atoms with Crippen molar-refractivity contribution in [3.8, 4) is 5.75 Å². The van der Waals surface area contributed by atoms with E-state index in [1.807, 2.05) is 25.1 Å². The molecule has 0 atom stereocenters. The lowest BCUT2D eigenvalue weighted by molar-refractivity contribution is -0.119. The molecule has 1 saturated carbocycles. The molecular formula is C16H24N2O3. The number of benzene rings is 1. The molecular weight excluding hydrogens is 268 g/mol. The molecule has 1 aliphatic carbocycles. The highest BCUT2D eigenvalue weighted by Gasteiger charge is 2.31. The zero-order chi connectivity index (χ0) is 15.2. The van der Waals surface area contributed by atoms with Gasteiger partial charge in [-0.2, -0.15) is 0 Å². The van der Waals surface area contributed by atoms with E-state index < -0.39 is 0 Å². The second-order valence-electron chi connectivity index (χ2n) is 5.41. The number of nitrogens with one attached hydrogen (secondary N) is 1. The second-order valence-corrected chi connectivity index (χ2v) is 5.41. The number of carbonyl (C=O) groups is 1. The van der Waals surface area contributed by atoms with Crippen molar-refractivity contribution < 1.29 is 14.3 Å². The van der Waals surface area contributed by atoms with Gasteiger partial charge in [-0.05, 0) is 43.4 Å². The molecule has 1 amide bonds. The Bertz CT molecular complexity index is 484. The van der Waals surface area contributed by atoms with Gasteiger partial charge in [0.2, 0.25) is 5.91 Å². The highest BCUT2D eigenvalue weighted by Crippen LogP contribution is 2.33. The molecule has 1 aliphatic rings. The number of carbonyl (C=O) groups excluding carboxylic acids is 1. The van der Waals surface area contributed by atoms with Crippen LogP contribution in [0.4, 0.5) is 5.69 Å². The van der Waals surface area contributed by atoms with E-state index in [1.165, 1.54) is 0 Å². The minimum Gasteiger partial charge on any atom is -0.495 e. The maximum Gasteiger partial charge on any atom is 0.224 e. The van der Waals surface area contributed by atoms with Gasteiger partial charge in [0.05, 0.1) is 18.9 Å². The molecule has 5 nitrogen and oxygen atoms in total. The summed E-state index contributed by atoms with van der Waals surface area (Å²) in [7, 11) is 1.59. The molecule has 0 heterocycles. The minimum atomic E-state index is 0.0220. The van der Waals surface area contributed by atoms with Crippen molar-refractivity contribution in [2.24, 2.45) is 11.7 Å². The Morgan fingerprint density at radius 2 is 2.19 bits per heavy atom. The third kappa shape index (κ3) is 4.19. The van der Waals surface area contributed by atoms with Gasteiger partial charge in [-0.15, -0.1) is 0 Å². The Labute approximate surface area is 125 Å². The Morgan fingerprint density at radius 3 is 2.81 bits per heavy atom.